The molecule has 0 unspecified atom stereocenters. The normalized spacial score (nSPS) is 9.36. The number of imidazole rings is 2. The molecule has 0 atom stereocenters. The average molecular weight is 192 g/mol. The van der Waals surface area contributed by atoms with E-state index >= 15 is 0 Å². The van der Waals surface area contributed by atoms with Crippen molar-refractivity contribution in [2.45, 2.75) is 27.2 Å². The van der Waals surface area contributed by atoms with Gasteiger partial charge >= 0.3 is 0 Å². The maximum atomic E-state index is 4.06. The van der Waals surface area contributed by atoms with E-state index in [1.54, 1.807) is 6.20 Å². The first-order valence-corrected chi connectivity index (χ1v) is 4.69. The Morgan fingerprint density at radius 2 is 2.07 bits per heavy atom. The average Bonchev–Trinajstić information content (AvgIpc) is 2.78. The van der Waals surface area contributed by atoms with Crippen LogP contribution in [-0.2, 0) is 6.42 Å². The Morgan fingerprint density at radius 1 is 1.29 bits per heavy atom. The van der Waals surface area contributed by atoms with Crippen LogP contribution in [0.1, 0.15) is 24.3 Å². The van der Waals surface area contributed by atoms with E-state index in [1.165, 1.54) is 0 Å². The minimum atomic E-state index is 0.984. The minimum absolute atomic E-state index is 0.984. The maximum absolute atomic E-state index is 4.06. The lowest BCUT2D eigenvalue weighted by molar-refractivity contribution is 0.990. The van der Waals surface area contributed by atoms with Crippen LogP contribution >= 0.6 is 0 Å². The van der Waals surface area contributed by atoms with Crippen LogP contribution in [0.3, 0.4) is 0 Å². The number of aromatic amines is 2. The molecular formula is C10H16N4. The van der Waals surface area contributed by atoms with Crippen LogP contribution in [0.4, 0.5) is 0 Å². The number of hydrogen-bond acceptors (Lipinski definition) is 2. The number of hydrogen-bond donors (Lipinski definition) is 2. The molecule has 4 heteroatoms. The van der Waals surface area contributed by atoms with Crippen molar-refractivity contribution < 1.29 is 0 Å². The van der Waals surface area contributed by atoms with Gasteiger partial charge in [0, 0.05) is 25.0 Å². The van der Waals surface area contributed by atoms with Crippen molar-refractivity contribution in [1.82, 2.24) is 19.9 Å². The van der Waals surface area contributed by atoms with E-state index in [2.05, 4.69) is 26.9 Å². The zero-order valence-electron chi connectivity index (χ0n) is 8.83. The van der Waals surface area contributed by atoms with Gasteiger partial charge < -0.3 is 9.97 Å². The third-order valence-corrected chi connectivity index (χ3v) is 1.72. The monoisotopic (exact) mass is 192 g/mol. The highest BCUT2D eigenvalue weighted by molar-refractivity contribution is 4.95. The van der Waals surface area contributed by atoms with Crippen molar-refractivity contribution in [3.63, 3.8) is 0 Å². The highest BCUT2D eigenvalue weighted by Gasteiger charge is 1.84. The molecule has 14 heavy (non-hydrogen) atoms. The third kappa shape index (κ3) is 3.43. The second kappa shape index (κ2) is 5.21. The summed E-state index contributed by atoms with van der Waals surface area (Å²) in [4.78, 5) is 14.0. The summed E-state index contributed by atoms with van der Waals surface area (Å²) in [6.07, 6.45) is 6.47. The molecule has 0 amide bonds. The fraction of sp³-hybridized carbons (Fsp3) is 0.400. The molecule has 2 rings (SSSR count). The van der Waals surface area contributed by atoms with Crippen molar-refractivity contribution in [2.24, 2.45) is 0 Å². The first-order chi connectivity index (χ1) is 6.72. The Bertz CT molecular complexity index is 331. The minimum Gasteiger partial charge on any atom is -0.349 e. The summed E-state index contributed by atoms with van der Waals surface area (Å²) in [5.41, 5.74) is 1.05. The van der Waals surface area contributed by atoms with Crippen LogP contribution in [0, 0.1) is 13.8 Å². The molecule has 0 saturated carbocycles. The van der Waals surface area contributed by atoms with Crippen LogP contribution in [0.2, 0.25) is 0 Å². The molecular weight excluding hydrogens is 176 g/mol. The molecule has 76 valence electrons. The van der Waals surface area contributed by atoms with Crippen LogP contribution in [0.15, 0.2) is 18.6 Å². The van der Waals surface area contributed by atoms with Gasteiger partial charge in [-0.15, -0.1) is 0 Å². The molecule has 0 fully saturated rings. The predicted molar refractivity (Wildman–Crippen MR) is 56.0 cm³/mol. The lowest BCUT2D eigenvalue weighted by Gasteiger charge is -1.79. The highest BCUT2D eigenvalue weighted by atomic mass is 14.9. The van der Waals surface area contributed by atoms with Gasteiger partial charge in [-0.2, -0.15) is 0 Å². The Kier molecular flexibility index (Phi) is 3.91. The Balaban J connectivity index is 0.000000140. The molecule has 0 saturated heterocycles. The van der Waals surface area contributed by atoms with Crippen molar-refractivity contribution in [1.29, 1.82) is 0 Å². The quantitative estimate of drug-likeness (QED) is 0.726. The highest BCUT2D eigenvalue weighted by Crippen LogP contribution is 1.89. The number of nitrogens with one attached hydrogen (secondary N) is 2. The van der Waals surface area contributed by atoms with Gasteiger partial charge in [0.05, 0.1) is 5.69 Å². The van der Waals surface area contributed by atoms with Gasteiger partial charge in [-0.1, -0.05) is 6.92 Å². The van der Waals surface area contributed by atoms with Gasteiger partial charge in [0.2, 0.25) is 0 Å². The molecule has 0 aliphatic carbocycles. The van der Waals surface area contributed by atoms with Gasteiger partial charge in [0.15, 0.2) is 0 Å². The van der Waals surface area contributed by atoms with E-state index in [-0.39, 0.29) is 0 Å². The molecule has 0 aliphatic rings. The van der Waals surface area contributed by atoms with Crippen LogP contribution in [0.25, 0.3) is 0 Å². The molecule has 0 spiro atoms. The van der Waals surface area contributed by atoms with E-state index in [1.807, 2.05) is 26.2 Å². The summed E-state index contributed by atoms with van der Waals surface area (Å²) >= 11 is 0. The van der Waals surface area contributed by atoms with E-state index in [4.69, 9.17) is 0 Å². The summed E-state index contributed by atoms with van der Waals surface area (Å²) in [7, 11) is 0. The number of aryl methyl sites for hydroxylation is 3. The number of aromatic nitrogens is 4. The van der Waals surface area contributed by atoms with Gasteiger partial charge in [-0.05, 0) is 13.8 Å². The number of rotatable bonds is 1. The summed E-state index contributed by atoms with van der Waals surface area (Å²) in [6, 6.07) is 0. The lowest BCUT2D eigenvalue weighted by atomic mass is 10.5. The van der Waals surface area contributed by atoms with Gasteiger partial charge in [-0.3, -0.25) is 0 Å². The SMILES string of the molecule is CCc1ncc[nH]1.Cc1c[nH]c(C)n1. The molecule has 2 N–H and O–H groups in total. The Labute approximate surface area is 83.8 Å². The van der Waals surface area contributed by atoms with Crippen LogP contribution in [0.5, 0.6) is 0 Å². The van der Waals surface area contributed by atoms with Crippen molar-refractivity contribution in [3.05, 3.63) is 35.9 Å². The van der Waals surface area contributed by atoms with Crippen molar-refractivity contribution in [2.75, 3.05) is 0 Å². The molecule has 0 radical (unpaired) electrons. The Hall–Kier alpha value is -1.58. The molecule has 0 aliphatic heterocycles. The first kappa shape index (κ1) is 10.5. The molecule has 2 aromatic rings. The van der Waals surface area contributed by atoms with Crippen molar-refractivity contribution >= 4 is 0 Å². The molecule has 2 aromatic heterocycles. The summed E-state index contributed by atoms with van der Waals surface area (Å²) in [6.45, 7) is 5.97. The zero-order valence-corrected chi connectivity index (χ0v) is 8.83. The molecule has 4 nitrogen and oxygen atoms in total. The third-order valence-electron chi connectivity index (χ3n) is 1.72. The number of nitrogens with zero attached hydrogens (tertiary/aromatic N) is 2. The standard InChI is InChI=1S/2C5H8N2/c1-4-3-6-5(2)7-4;1-2-5-6-3-4-7-5/h3H,1-2H3,(H,6,7);3-4H,2H2,1H3,(H,6,7). The maximum Gasteiger partial charge on any atom is 0.105 e. The van der Waals surface area contributed by atoms with Crippen LogP contribution in [-0.4, -0.2) is 19.9 Å². The van der Waals surface area contributed by atoms with Crippen LogP contribution < -0.4 is 0 Å². The van der Waals surface area contributed by atoms with E-state index in [0.717, 1.165) is 23.8 Å². The van der Waals surface area contributed by atoms with Crippen molar-refractivity contribution in [3.8, 4) is 0 Å². The lowest BCUT2D eigenvalue weighted by Crippen LogP contribution is -1.78. The molecule has 2 heterocycles. The second-order valence-corrected chi connectivity index (χ2v) is 3.02. The smallest absolute Gasteiger partial charge is 0.105 e. The molecule has 0 bridgehead atoms. The zero-order chi connectivity index (χ0) is 10.4. The first-order valence-electron chi connectivity index (χ1n) is 4.69. The van der Waals surface area contributed by atoms with Gasteiger partial charge in [-0.25, -0.2) is 9.97 Å². The topological polar surface area (TPSA) is 57.4 Å². The summed E-state index contributed by atoms with van der Waals surface area (Å²) < 4.78 is 0. The fourth-order valence-corrected chi connectivity index (χ4v) is 1.03. The van der Waals surface area contributed by atoms with E-state index < -0.39 is 0 Å². The largest absolute Gasteiger partial charge is 0.349 e. The second-order valence-electron chi connectivity index (χ2n) is 3.02. The van der Waals surface area contributed by atoms with E-state index in [0.29, 0.717) is 0 Å². The fourth-order valence-electron chi connectivity index (χ4n) is 1.03. The van der Waals surface area contributed by atoms with Gasteiger partial charge in [0.25, 0.3) is 0 Å². The van der Waals surface area contributed by atoms with E-state index in [9.17, 15) is 0 Å². The predicted octanol–water partition coefficient (Wildman–Crippen LogP) is 2.00. The summed E-state index contributed by atoms with van der Waals surface area (Å²) in [5.74, 6) is 2.04. The molecule has 0 aromatic carbocycles. The number of H-pyrrole nitrogens is 2. The summed E-state index contributed by atoms with van der Waals surface area (Å²) in [5, 5.41) is 0. The Morgan fingerprint density at radius 3 is 2.29 bits per heavy atom. The van der Waals surface area contributed by atoms with Gasteiger partial charge in [0.1, 0.15) is 11.6 Å².